The van der Waals surface area contributed by atoms with Crippen molar-refractivity contribution >= 4 is 18.3 Å². The SMILES string of the molecule is Cl.NCC(NC(=O)c1cc(-c2ccccc2)on1)C1CCCCC1. The Morgan fingerprint density at radius 1 is 1.25 bits per heavy atom. The molecule has 1 saturated carbocycles. The minimum absolute atomic E-state index is 0. The maximum absolute atomic E-state index is 12.4. The topological polar surface area (TPSA) is 81.1 Å². The zero-order valence-corrected chi connectivity index (χ0v) is 14.4. The standard InChI is InChI=1S/C18H23N3O2.ClH/c19-12-16(13-7-3-1-4-8-13)20-18(22)15-11-17(23-21-15)14-9-5-2-6-10-14;/h2,5-6,9-11,13,16H,1,3-4,7-8,12,19H2,(H,20,22);1H. The number of nitrogens with one attached hydrogen (secondary N) is 1. The summed E-state index contributed by atoms with van der Waals surface area (Å²) in [6.45, 7) is 0.458. The van der Waals surface area contributed by atoms with Gasteiger partial charge in [-0.3, -0.25) is 4.79 Å². The Bertz CT molecular complexity index is 639. The number of benzene rings is 1. The number of carbonyl (C=O) groups is 1. The fourth-order valence-electron chi connectivity index (χ4n) is 3.27. The number of halogens is 1. The molecule has 1 atom stereocenters. The van der Waals surface area contributed by atoms with Gasteiger partial charge in [0.25, 0.3) is 5.91 Å². The molecule has 1 aromatic heterocycles. The minimum atomic E-state index is -0.211. The smallest absolute Gasteiger partial charge is 0.273 e. The largest absolute Gasteiger partial charge is 0.355 e. The molecule has 130 valence electrons. The minimum Gasteiger partial charge on any atom is -0.355 e. The molecule has 3 N–H and O–H groups in total. The van der Waals surface area contributed by atoms with Crippen LogP contribution in [0.2, 0.25) is 0 Å². The van der Waals surface area contributed by atoms with Crippen LogP contribution in [0.1, 0.15) is 42.6 Å². The Labute approximate surface area is 148 Å². The summed E-state index contributed by atoms with van der Waals surface area (Å²) in [6.07, 6.45) is 6.00. The number of nitrogens with zero attached hydrogens (tertiary/aromatic N) is 1. The van der Waals surface area contributed by atoms with E-state index in [1.807, 2.05) is 30.3 Å². The molecule has 1 aromatic carbocycles. The van der Waals surface area contributed by atoms with Crippen molar-refractivity contribution in [3.8, 4) is 11.3 Å². The molecular weight excluding hydrogens is 326 g/mol. The first kappa shape index (κ1) is 18.5. The number of aromatic nitrogens is 1. The summed E-state index contributed by atoms with van der Waals surface area (Å²) >= 11 is 0. The molecule has 0 saturated heterocycles. The summed E-state index contributed by atoms with van der Waals surface area (Å²) in [5, 5.41) is 6.93. The number of hydrogen-bond acceptors (Lipinski definition) is 4. The average Bonchev–Trinajstić information content (AvgIpc) is 3.11. The second-order valence-electron chi connectivity index (χ2n) is 6.16. The third-order valence-electron chi connectivity index (χ3n) is 4.59. The van der Waals surface area contributed by atoms with Crippen molar-refractivity contribution in [1.82, 2.24) is 10.5 Å². The van der Waals surface area contributed by atoms with E-state index in [1.54, 1.807) is 6.07 Å². The number of hydrogen-bond donors (Lipinski definition) is 2. The van der Waals surface area contributed by atoms with Crippen molar-refractivity contribution < 1.29 is 9.32 Å². The fraction of sp³-hybridized carbons (Fsp3) is 0.444. The molecule has 1 heterocycles. The molecule has 0 aliphatic heterocycles. The molecule has 1 amide bonds. The highest BCUT2D eigenvalue weighted by Crippen LogP contribution is 2.26. The van der Waals surface area contributed by atoms with E-state index < -0.39 is 0 Å². The van der Waals surface area contributed by atoms with Crippen LogP contribution in [0, 0.1) is 5.92 Å². The molecule has 0 radical (unpaired) electrons. The van der Waals surface area contributed by atoms with E-state index in [0.717, 1.165) is 18.4 Å². The van der Waals surface area contributed by atoms with E-state index in [1.165, 1.54) is 19.3 Å². The molecule has 0 spiro atoms. The summed E-state index contributed by atoms with van der Waals surface area (Å²) in [4.78, 5) is 12.4. The Kier molecular flexibility index (Phi) is 6.82. The number of nitrogens with two attached hydrogens (primary N) is 1. The number of amides is 1. The predicted octanol–water partition coefficient (Wildman–Crippen LogP) is 3.40. The van der Waals surface area contributed by atoms with Crippen molar-refractivity contribution in [1.29, 1.82) is 0 Å². The highest BCUT2D eigenvalue weighted by Gasteiger charge is 2.25. The molecule has 1 aliphatic carbocycles. The summed E-state index contributed by atoms with van der Waals surface area (Å²) in [7, 11) is 0. The van der Waals surface area contributed by atoms with E-state index in [4.69, 9.17) is 10.3 Å². The highest BCUT2D eigenvalue weighted by molar-refractivity contribution is 5.93. The summed E-state index contributed by atoms with van der Waals surface area (Å²) in [5.74, 6) is 0.855. The summed E-state index contributed by atoms with van der Waals surface area (Å²) in [6, 6.07) is 11.3. The van der Waals surface area contributed by atoms with Crippen LogP contribution in [-0.2, 0) is 0 Å². The van der Waals surface area contributed by atoms with Crippen LogP contribution < -0.4 is 11.1 Å². The van der Waals surface area contributed by atoms with Crippen LogP contribution in [0.25, 0.3) is 11.3 Å². The normalized spacial score (nSPS) is 16.2. The van der Waals surface area contributed by atoms with Crippen LogP contribution in [-0.4, -0.2) is 23.7 Å². The van der Waals surface area contributed by atoms with Crippen LogP contribution in [0.3, 0.4) is 0 Å². The molecule has 6 heteroatoms. The Morgan fingerprint density at radius 3 is 2.62 bits per heavy atom. The van der Waals surface area contributed by atoms with E-state index in [9.17, 15) is 4.79 Å². The van der Waals surface area contributed by atoms with Gasteiger partial charge < -0.3 is 15.6 Å². The molecule has 5 nitrogen and oxygen atoms in total. The lowest BCUT2D eigenvalue weighted by atomic mass is 9.84. The van der Waals surface area contributed by atoms with E-state index >= 15 is 0 Å². The lowest BCUT2D eigenvalue weighted by molar-refractivity contribution is 0.0906. The second kappa shape index (κ2) is 8.85. The zero-order chi connectivity index (χ0) is 16.1. The fourth-order valence-corrected chi connectivity index (χ4v) is 3.27. The van der Waals surface area contributed by atoms with Crippen LogP contribution in [0.5, 0.6) is 0 Å². The molecule has 2 aromatic rings. The van der Waals surface area contributed by atoms with Crippen molar-refractivity contribution in [3.05, 3.63) is 42.1 Å². The van der Waals surface area contributed by atoms with Crippen molar-refractivity contribution in [2.75, 3.05) is 6.54 Å². The van der Waals surface area contributed by atoms with Gasteiger partial charge in [-0.15, -0.1) is 12.4 Å². The van der Waals surface area contributed by atoms with Gasteiger partial charge in [-0.05, 0) is 18.8 Å². The average molecular weight is 350 g/mol. The van der Waals surface area contributed by atoms with Crippen LogP contribution >= 0.6 is 12.4 Å². The lowest BCUT2D eigenvalue weighted by Crippen LogP contribution is -2.46. The first-order valence-corrected chi connectivity index (χ1v) is 8.31. The van der Waals surface area contributed by atoms with E-state index in [0.29, 0.717) is 23.9 Å². The third kappa shape index (κ3) is 4.36. The van der Waals surface area contributed by atoms with Crippen molar-refractivity contribution in [2.45, 2.75) is 38.1 Å². The molecule has 1 unspecified atom stereocenters. The van der Waals surface area contributed by atoms with Gasteiger partial charge in [0.1, 0.15) is 0 Å². The molecule has 1 fully saturated rings. The van der Waals surface area contributed by atoms with Gasteiger partial charge >= 0.3 is 0 Å². The van der Waals surface area contributed by atoms with Gasteiger partial charge in [-0.2, -0.15) is 0 Å². The zero-order valence-electron chi connectivity index (χ0n) is 13.6. The maximum atomic E-state index is 12.4. The highest BCUT2D eigenvalue weighted by atomic mass is 35.5. The van der Waals surface area contributed by atoms with Gasteiger partial charge in [0.05, 0.1) is 0 Å². The number of rotatable bonds is 5. The van der Waals surface area contributed by atoms with Crippen LogP contribution in [0.15, 0.2) is 40.9 Å². The van der Waals surface area contributed by atoms with E-state index in [-0.39, 0.29) is 24.4 Å². The van der Waals surface area contributed by atoms with Crippen molar-refractivity contribution in [3.63, 3.8) is 0 Å². The monoisotopic (exact) mass is 349 g/mol. The summed E-state index contributed by atoms with van der Waals surface area (Å²) < 4.78 is 5.29. The molecule has 24 heavy (non-hydrogen) atoms. The molecule has 1 aliphatic rings. The van der Waals surface area contributed by atoms with Gasteiger partial charge in [-0.25, -0.2) is 0 Å². The van der Waals surface area contributed by atoms with Gasteiger partial charge in [0.15, 0.2) is 11.5 Å². The van der Waals surface area contributed by atoms with Gasteiger partial charge in [0.2, 0.25) is 0 Å². The Balaban J connectivity index is 0.00000208. The Hall–Kier alpha value is -1.85. The third-order valence-corrected chi connectivity index (χ3v) is 4.59. The van der Waals surface area contributed by atoms with Crippen molar-refractivity contribution in [2.24, 2.45) is 11.7 Å². The van der Waals surface area contributed by atoms with Gasteiger partial charge in [-0.1, -0.05) is 54.8 Å². The van der Waals surface area contributed by atoms with Gasteiger partial charge in [0, 0.05) is 24.2 Å². The predicted molar refractivity (Wildman–Crippen MR) is 96.1 cm³/mol. The molecular formula is C18H24ClN3O2. The molecule has 0 bridgehead atoms. The summed E-state index contributed by atoms with van der Waals surface area (Å²) in [5.41, 5.74) is 7.08. The van der Waals surface area contributed by atoms with E-state index in [2.05, 4.69) is 10.5 Å². The molecule has 3 rings (SSSR count). The quantitative estimate of drug-likeness (QED) is 0.866. The first-order valence-electron chi connectivity index (χ1n) is 8.31. The van der Waals surface area contributed by atoms with Crippen LogP contribution in [0.4, 0.5) is 0 Å². The maximum Gasteiger partial charge on any atom is 0.273 e. The Morgan fingerprint density at radius 2 is 1.96 bits per heavy atom. The first-order chi connectivity index (χ1) is 11.3. The number of carbonyl (C=O) groups excluding carboxylic acids is 1. The second-order valence-corrected chi connectivity index (χ2v) is 6.16. The lowest BCUT2D eigenvalue weighted by Gasteiger charge is -2.29.